The molecule has 0 saturated carbocycles. The second kappa shape index (κ2) is 10.7. The van der Waals surface area contributed by atoms with Crippen LogP contribution in [-0.2, 0) is 6.54 Å². The molecule has 0 bridgehead atoms. The van der Waals surface area contributed by atoms with Gasteiger partial charge in [-0.3, -0.25) is 9.69 Å². The Labute approximate surface area is 223 Å². The van der Waals surface area contributed by atoms with Crippen LogP contribution in [0.4, 0.5) is 16.4 Å². The SMILES string of the molecule is COc1ccc(CN2C[C@H](C)N(c3ccc(C(=O)N4CCN(c5ncc(C)cc5C)CC4)cn3)C2=O)cc1. The third-order valence-electron chi connectivity index (χ3n) is 7.23. The molecule has 2 aromatic heterocycles. The molecule has 38 heavy (non-hydrogen) atoms. The molecule has 4 heterocycles. The number of rotatable bonds is 6. The molecule has 2 saturated heterocycles. The average molecular weight is 515 g/mol. The van der Waals surface area contributed by atoms with Gasteiger partial charge < -0.3 is 19.4 Å². The first kappa shape index (κ1) is 25.5. The second-order valence-corrected chi connectivity index (χ2v) is 10.1. The van der Waals surface area contributed by atoms with Gasteiger partial charge in [0, 0.05) is 51.7 Å². The van der Waals surface area contributed by atoms with E-state index in [1.807, 2.05) is 54.1 Å². The Hall–Kier alpha value is -4.14. The molecule has 1 atom stereocenters. The molecule has 0 unspecified atom stereocenters. The van der Waals surface area contributed by atoms with E-state index in [1.54, 1.807) is 30.3 Å². The minimum atomic E-state index is -0.0870. The third kappa shape index (κ3) is 5.14. The molecule has 3 aromatic rings. The van der Waals surface area contributed by atoms with Crippen molar-refractivity contribution in [3.05, 3.63) is 77.1 Å². The van der Waals surface area contributed by atoms with Crippen LogP contribution in [0.3, 0.4) is 0 Å². The van der Waals surface area contributed by atoms with Gasteiger partial charge in [-0.05, 0) is 61.7 Å². The summed E-state index contributed by atoms with van der Waals surface area (Å²) in [4.78, 5) is 43.1. The van der Waals surface area contributed by atoms with Crippen LogP contribution in [0.2, 0.25) is 0 Å². The highest BCUT2D eigenvalue weighted by Gasteiger charge is 2.36. The Balaban J connectivity index is 1.20. The van der Waals surface area contributed by atoms with Gasteiger partial charge in [0.15, 0.2) is 0 Å². The largest absolute Gasteiger partial charge is 0.497 e. The third-order valence-corrected chi connectivity index (χ3v) is 7.23. The van der Waals surface area contributed by atoms with Crippen LogP contribution in [0.25, 0.3) is 0 Å². The Kier molecular flexibility index (Phi) is 7.18. The summed E-state index contributed by atoms with van der Waals surface area (Å²) in [6.45, 7) is 9.96. The van der Waals surface area contributed by atoms with Crippen LogP contribution >= 0.6 is 0 Å². The van der Waals surface area contributed by atoms with Crippen LogP contribution in [-0.4, -0.2) is 77.6 Å². The lowest BCUT2D eigenvalue weighted by atomic mass is 10.2. The van der Waals surface area contributed by atoms with Crippen molar-refractivity contribution in [1.82, 2.24) is 19.8 Å². The Morgan fingerprint density at radius 2 is 1.74 bits per heavy atom. The summed E-state index contributed by atoms with van der Waals surface area (Å²) < 4.78 is 5.22. The van der Waals surface area contributed by atoms with Crippen molar-refractivity contribution in [3.8, 4) is 5.75 Å². The van der Waals surface area contributed by atoms with Gasteiger partial charge >= 0.3 is 6.03 Å². The van der Waals surface area contributed by atoms with Crippen molar-refractivity contribution in [3.63, 3.8) is 0 Å². The van der Waals surface area contributed by atoms with E-state index in [0.29, 0.717) is 37.6 Å². The van der Waals surface area contributed by atoms with Crippen LogP contribution < -0.4 is 14.5 Å². The van der Waals surface area contributed by atoms with E-state index in [2.05, 4.69) is 27.9 Å². The first-order valence-corrected chi connectivity index (χ1v) is 13.0. The number of aryl methyl sites for hydroxylation is 2. The molecular formula is C29H34N6O3. The molecule has 9 nitrogen and oxygen atoms in total. The molecule has 5 rings (SSSR count). The predicted octanol–water partition coefficient (Wildman–Crippen LogP) is 3.90. The van der Waals surface area contributed by atoms with Gasteiger partial charge in [-0.1, -0.05) is 18.2 Å². The number of methoxy groups -OCH3 is 1. The van der Waals surface area contributed by atoms with Crippen molar-refractivity contribution in [1.29, 1.82) is 0 Å². The molecule has 1 aromatic carbocycles. The van der Waals surface area contributed by atoms with Crippen LogP contribution in [0, 0.1) is 13.8 Å². The molecular weight excluding hydrogens is 480 g/mol. The minimum absolute atomic E-state index is 0.0262. The summed E-state index contributed by atoms with van der Waals surface area (Å²) in [5.41, 5.74) is 3.86. The topological polar surface area (TPSA) is 82.1 Å². The van der Waals surface area contributed by atoms with E-state index in [1.165, 1.54) is 0 Å². The zero-order valence-corrected chi connectivity index (χ0v) is 22.4. The zero-order valence-electron chi connectivity index (χ0n) is 22.4. The molecule has 2 aliphatic rings. The normalized spacial score (nSPS) is 17.8. The number of amides is 3. The Bertz CT molecular complexity index is 1300. The van der Waals surface area contributed by atoms with E-state index in [0.717, 1.165) is 41.3 Å². The first-order valence-electron chi connectivity index (χ1n) is 13.0. The molecule has 0 aliphatic carbocycles. The summed E-state index contributed by atoms with van der Waals surface area (Å²) in [6, 6.07) is 13.3. The van der Waals surface area contributed by atoms with Crippen LogP contribution in [0.1, 0.15) is 34.0 Å². The summed E-state index contributed by atoms with van der Waals surface area (Å²) in [5.74, 6) is 2.29. The first-order chi connectivity index (χ1) is 18.3. The molecule has 2 fully saturated rings. The van der Waals surface area contributed by atoms with Crippen molar-refractivity contribution < 1.29 is 14.3 Å². The molecule has 0 spiro atoms. The number of carbonyl (C=O) groups is 2. The minimum Gasteiger partial charge on any atom is -0.497 e. The number of hydrogen-bond donors (Lipinski definition) is 0. The number of urea groups is 1. The van der Waals surface area contributed by atoms with E-state index in [4.69, 9.17) is 4.74 Å². The molecule has 2 aliphatic heterocycles. The van der Waals surface area contributed by atoms with E-state index in [-0.39, 0.29) is 18.0 Å². The monoisotopic (exact) mass is 514 g/mol. The van der Waals surface area contributed by atoms with Crippen molar-refractivity contribution in [2.24, 2.45) is 0 Å². The van der Waals surface area contributed by atoms with E-state index < -0.39 is 0 Å². The fraction of sp³-hybridized carbons (Fsp3) is 0.379. The van der Waals surface area contributed by atoms with Crippen molar-refractivity contribution >= 4 is 23.6 Å². The number of ether oxygens (including phenoxy) is 1. The fourth-order valence-corrected chi connectivity index (χ4v) is 5.23. The lowest BCUT2D eigenvalue weighted by Gasteiger charge is -2.36. The van der Waals surface area contributed by atoms with Gasteiger partial charge in [0.1, 0.15) is 17.4 Å². The second-order valence-electron chi connectivity index (χ2n) is 10.1. The molecule has 0 radical (unpaired) electrons. The van der Waals surface area contributed by atoms with E-state index in [9.17, 15) is 9.59 Å². The number of pyridine rings is 2. The summed E-state index contributed by atoms with van der Waals surface area (Å²) >= 11 is 0. The standard InChI is InChI=1S/C29H34N6O3/c1-20-15-21(2)27(31-16-20)32-11-13-33(14-12-32)28(36)24-7-10-26(30-17-24)35-22(3)18-34(29(35)37)19-23-5-8-25(38-4)9-6-23/h5-10,15-17,22H,11-14,18-19H2,1-4H3/t22-/m0/s1. The van der Waals surface area contributed by atoms with Crippen molar-refractivity contribution in [2.45, 2.75) is 33.4 Å². The van der Waals surface area contributed by atoms with Gasteiger partial charge in [-0.25, -0.2) is 14.8 Å². The predicted molar refractivity (Wildman–Crippen MR) is 147 cm³/mol. The lowest BCUT2D eigenvalue weighted by molar-refractivity contribution is 0.0746. The molecule has 9 heteroatoms. The lowest BCUT2D eigenvalue weighted by Crippen LogP contribution is -2.49. The summed E-state index contributed by atoms with van der Waals surface area (Å²) in [6.07, 6.45) is 3.47. The number of carbonyl (C=O) groups excluding carboxylic acids is 2. The highest BCUT2D eigenvalue weighted by Crippen LogP contribution is 2.26. The maximum atomic E-state index is 13.2. The fourth-order valence-electron chi connectivity index (χ4n) is 5.23. The van der Waals surface area contributed by atoms with Crippen LogP contribution in [0.5, 0.6) is 5.75 Å². The smallest absolute Gasteiger partial charge is 0.326 e. The van der Waals surface area contributed by atoms with Gasteiger partial charge in [0.2, 0.25) is 0 Å². The number of hydrogen-bond acceptors (Lipinski definition) is 6. The Morgan fingerprint density at radius 3 is 2.37 bits per heavy atom. The van der Waals surface area contributed by atoms with Crippen molar-refractivity contribution in [2.75, 3.05) is 49.6 Å². The zero-order chi connectivity index (χ0) is 26.8. The number of anilines is 2. The maximum Gasteiger partial charge on any atom is 0.326 e. The maximum absolute atomic E-state index is 13.2. The van der Waals surface area contributed by atoms with Gasteiger partial charge in [0.05, 0.1) is 18.7 Å². The molecule has 0 N–H and O–H groups in total. The number of aromatic nitrogens is 2. The highest BCUT2D eigenvalue weighted by molar-refractivity contribution is 5.96. The van der Waals surface area contributed by atoms with Gasteiger partial charge in [0.25, 0.3) is 5.91 Å². The average Bonchev–Trinajstić information content (AvgIpc) is 3.21. The molecule has 3 amide bonds. The summed E-state index contributed by atoms with van der Waals surface area (Å²) in [7, 11) is 1.63. The number of piperazine rings is 1. The highest BCUT2D eigenvalue weighted by atomic mass is 16.5. The quantitative estimate of drug-likeness (QED) is 0.496. The summed E-state index contributed by atoms with van der Waals surface area (Å²) in [5, 5.41) is 0. The van der Waals surface area contributed by atoms with Crippen LogP contribution in [0.15, 0.2) is 54.9 Å². The van der Waals surface area contributed by atoms with E-state index >= 15 is 0 Å². The Morgan fingerprint density at radius 1 is 1.00 bits per heavy atom. The van der Waals surface area contributed by atoms with Gasteiger partial charge in [-0.2, -0.15) is 0 Å². The number of nitrogens with zero attached hydrogens (tertiary/aromatic N) is 6. The number of benzene rings is 1. The molecule has 198 valence electrons. The van der Waals surface area contributed by atoms with Gasteiger partial charge in [-0.15, -0.1) is 0 Å².